The van der Waals surface area contributed by atoms with Crippen molar-refractivity contribution < 1.29 is 42.1 Å². The Labute approximate surface area is 440 Å². The maximum atomic E-state index is 12.8. The highest BCUT2D eigenvalue weighted by Gasteiger charge is 2.21. The van der Waals surface area contributed by atoms with Gasteiger partial charge in [0.15, 0.2) is 6.10 Å². The predicted octanol–water partition coefficient (Wildman–Crippen LogP) is 16.5. The zero-order chi connectivity index (χ0) is 52.7. The second-order valence-corrected chi connectivity index (χ2v) is 20.2. The third-order valence-corrected chi connectivity index (χ3v) is 11.8. The van der Waals surface area contributed by atoms with Gasteiger partial charge in [0.2, 0.25) is 0 Å². The summed E-state index contributed by atoms with van der Waals surface area (Å²) in [6.07, 6.45) is 76.0. The van der Waals surface area contributed by atoms with Crippen LogP contribution in [0.1, 0.15) is 181 Å². The van der Waals surface area contributed by atoms with Crippen LogP contribution in [0.3, 0.4) is 0 Å². The molecule has 0 aliphatic carbocycles. The SMILES string of the molecule is CC/C=C\C/C=C\C/C=C\C/C=C\C/C=C\C/C=C\C/C=C\C/C=C\CCCCC(=O)OC(COC(=O)CCCCCCCCCC/C=C\C/C=C\C/C=C\C/C=C\CC)COP(=O)([O-])OCC[N+](C)(C)C. The molecule has 0 N–H and O–H groups in total. The lowest BCUT2D eigenvalue weighted by Gasteiger charge is -2.28. The molecule has 0 amide bonds. The Morgan fingerprint density at radius 2 is 0.750 bits per heavy atom. The summed E-state index contributed by atoms with van der Waals surface area (Å²) in [4.78, 5) is 37.8. The highest BCUT2D eigenvalue weighted by Crippen LogP contribution is 2.38. The molecular weight excluding hydrogens is 918 g/mol. The number of ether oxygens (including phenoxy) is 2. The van der Waals surface area contributed by atoms with Crippen LogP contribution in [0.15, 0.2) is 146 Å². The molecule has 0 aromatic carbocycles. The van der Waals surface area contributed by atoms with Crippen LogP contribution in [0.25, 0.3) is 0 Å². The molecule has 72 heavy (non-hydrogen) atoms. The van der Waals surface area contributed by atoms with E-state index in [-0.39, 0.29) is 26.1 Å². The van der Waals surface area contributed by atoms with E-state index < -0.39 is 32.5 Å². The van der Waals surface area contributed by atoms with Gasteiger partial charge in [0.1, 0.15) is 19.8 Å². The number of phosphoric acid groups is 1. The second-order valence-electron chi connectivity index (χ2n) is 18.8. The molecule has 0 fully saturated rings. The van der Waals surface area contributed by atoms with Gasteiger partial charge >= 0.3 is 11.9 Å². The van der Waals surface area contributed by atoms with Gasteiger partial charge in [-0.25, -0.2) is 0 Å². The van der Waals surface area contributed by atoms with Crippen LogP contribution in [-0.4, -0.2) is 70.0 Å². The van der Waals surface area contributed by atoms with Crippen LogP contribution < -0.4 is 4.89 Å². The van der Waals surface area contributed by atoms with Crippen molar-refractivity contribution in [2.24, 2.45) is 0 Å². The van der Waals surface area contributed by atoms with Gasteiger partial charge in [-0.3, -0.25) is 14.2 Å². The number of unbranched alkanes of at least 4 members (excludes halogenated alkanes) is 10. The van der Waals surface area contributed by atoms with Gasteiger partial charge in [0, 0.05) is 12.8 Å². The first-order chi connectivity index (χ1) is 35.0. The molecule has 2 unspecified atom stereocenters. The molecular formula is C62H100NO8P. The minimum Gasteiger partial charge on any atom is -0.756 e. The average Bonchev–Trinajstić information content (AvgIpc) is 3.34. The summed E-state index contributed by atoms with van der Waals surface area (Å²) < 4.78 is 34.0. The van der Waals surface area contributed by atoms with Gasteiger partial charge in [-0.15, -0.1) is 0 Å². The fourth-order valence-electron chi connectivity index (χ4n) is 6.66. The Bertz CT molecular complexity index is 1720. The van der Waals surface area contributed by atoms with E-state index in [2.05, 4.69) is 160 Å². The number of hydrogen-bond donors (Lipinski definition) is 0. The fraction of sp³-hybridized carbons (Fsp3) is 0.581. The molecule has 0 aromatic heterocycles. The molecule has 0 aromatic rings. The summed E-state index contributed by atoms with van der Waals surface area (Å²) in [7, 11) is 1.10. The van der Waals surface area contributed by atoms with Gasteiger partial charge in [-0.05, 0) is 116 Å². The first kappa shape index (κ1) is 67.9. The molecule has 0 rings (SSSR count). The standard InChI is InChI=1S/C62H100NO8P/c1-6-8-10-12-14-16-18-20-22-24-26-28-29-30-31-32-33-35-37-39-41-43-45-47-49-51-53-55-62(65)71-60(59-70-72(66,67)69-57-56-63(3,4)5)58-68-61(64)54-52-50-48-46-44-42-40-38-36-34-27-25-23-21-19-17-15-13-11-9-7-2/h8-11,14-17,20-23,26-28,30-31,33-35,39,41,45,47,60H,6-7,12-13,18-19,24-25,29,32,36-38,40,42-44,46,48-59H2,1-5H3/b10-8-,11-9-,16-14-,17-15-,22-20-,23-21-,28-26-,31-30-,34-27-,35-33-,41-39-,47-45-. The third-order valence-electron chi connectivity index (χ3n) is 10.9. The van der Waals surface area contributed by atoms with Crippen molar-refractivity contribution >= 4 is 19.8 Å². The van der Waals surface area contributed by atoms with Crippen molar-refractivity contribution in [1.82, 2.24) is 0 Å². The van der Waals surface area contributed by atoms with Crippen LogP contribution in [0, 0.1) is 0 Å². The maximum absolute atomic E-state index is 12.8. The Morgan fingerprint density at radius 1 is 0.431 bits per heavy atom. The zero-order valence-corrected chi connectivity index (χ0v) is 46.7. The highest BCUT2D eigenvalue weighted by atomic mass is 31.2. The largest absolute Gasteiger partial charge is 0.756 e. The van der Waals surface area contributed by atoms with Crippen LogP contribution in [0.4, 0.5) is 0 Å². The Hall–Kier alpha value is -4.11. The van der Waals surface area contributed by atoms with E-state index >= 15 is 0 Å². The topological polar surface area (TPSA) is 111 Å². The molecule has 0 aliphatic rings. The number of esters is 2. The lowest BCUT2D eigenvalue weighted by Crippen LogP contribution is -2.37. The lowest BCUT2D eigenvalue weighted by atomic mass is 10.1. The summed E-state index contributed by atoms with van der Waals surface area (Å²) in [5, 5.41) is 0. The van der Waals surface area contributed by atoms with Crippen molar-refractivity contribution in [1.29, 1.82) is 0 Å². The highest BCUT2D eigenvalue weighted by molar-refractivity contribution is 7.45. The summed E-state index contributed by atoms with van der Waals surface area (Å²) in [5.74, 6) is -0.908. The summed E-state index contributed by atoms with van der Waals surface area (Å²) in [6.45, 7) is 3.92. The molecule has 0 saturated heterocycles. The Morgan fingerprint density at radius 3 is 1.14 bits per heavy atom. The van der Waals surface area contributed by atoms with E-state index in [4.69, 9.17) is 18.5 Å². The van der Waals surface area contributed by atoms with Gasteiger partial charge in [0.05, 0.1) is 27.7 Å². The van der Waals surface area contributed by atoms with Crippen molar-refractivity contribution in [3.05, 3.63) is 146 Å². The number of phosphoric ester groups is 1. The summed E-state index contributed by atoms with van der Waals surface area (Å²) >= 11 is 0. The van der Waals surface area contributed by atoms with E-state index in [1.165, 1.54) is 25.7 Å². The predicted molar refractivity (Wildman–Crippen MR) is 304 cm³/mol. The maximum Gasteiger partial charge on any atom is 0.306 e. The molecule has 0 radical (unpaired) electrons. The van der Waals surface area contributed by atoms with Gasteiger partial charge < -0.3 is 27.9 Å². The van der Waals surface area contributed by atoms with E-state index in [0.717, 1.165) is 116 Å². The van der Waals surface area contributed by atoms with Gasteiger partial charge in [0.25, 0.3) is 7.82 Å². The average molecular weight is 1020 g/mol. The van der Waals surface area contributed by atoms with Crippen LogP contribution in [-0.2, 0) is 32.7 Å². The first-order valence-electron chi connectivity index (χ1n) is 27.5. The number of carbonyl (C=O) groups excluding carboxylic acids is 2. The molecule has 2 atom stereocenters. The molecule has 0 spiro atoms. The molecule has 0 aliphatic heterocycles. The fourth-order valence-corrected chi connectivity index (χ4v) is 7.39. The van der Waals surface area contributed by atoms with Crippen molar-refractivity contribution in [2.45, 2.75) is 187 Å². The smallest absolute Gasteiger partial charge is 0.306 e. The molecule has 9 nitrogen and oxygen atoms in total. The summed E-state index contributed by atoms with van der Waals surface area (Å²) in [5.41, 5.74) is 0. The molecule has 10 heteroatoms. The monoisotopic (exact) mass is 1020 g/mol. The molecule has 0 heterocycles. The van der Waals surface area contributed by atoms with Crippen molar-refractivity contribution in [3.63, 3.8) is 0 Å². The number of quaternary nitrogens is 1. The van der Waals surface area contributed by atoms with Crippen LogP contribution in [0.5, 0.6) is 0 Å². The quantitative estimate of drug-likeness (QED) is 0.0195. The zero-order valence-electron chi connectivity index (χ0n) is 45.8. The van der Waals surface area contributed by atoms with Gasteiger partial charge in [-0.1, -0.05) is 198 Å². The number of rotatable bonds is 48. The molecule has 406 valence electrons. The van der Waals surface area contributed by atoms with Crippen molar-refractivity contribution in [3.8, 4) is 0 Å². The number of allylic oxidation sites excluding steroid dienone is 24. The Balaban J connectivity index is 4.37. The third kappa shape index (κ3) is 55.2. The number of nitrogens with zero attached hydrogens (tertiary/aromatic N) is 1. The minimum absolute atomic E-state index is 0.0501. The molecule has 0 saturated carbocycles. The van der Waals surface area contributed by atoms with E-state index in [0.29, 0.717) is 23.9 Å². The summed E-state index contributed by atoms with van der Waals surface area (Å²) in [6, 6.07) is 0. The first-order valence-corrected chi connectivity index (χ1v) is 29.0. The minimum atomic E-state index is -4.66. The number of likely N-dealkylation sites (N-methyl/N-ethyl adjacent to an activating group) is 1. The second kappa shape index (κ2) is 51.8. The molecule has 0 bridgehead atoms. The van der Waals surface area contributed by atoms with E-state index in [1.54, 1.807) is 0 Å². The van der Waals surface area contributed by atoms with Crippen LogP contribution in [0.2, 0.25) is 0 Å². The lowest BCUT2D eigenvalue weighted by molar-refractivity contribution is -0.870. The number of hydrogen-bond acceptors (Lipinski definition) is 8. The Kier molecular flexibility index (Phi) is 48.8. The normalized spacial score (nSPS) is 14.5. The van der Waals surface area contributed by atoms with Crippen molar-refractivity contribution in [2.75, 3.05) is 47.5 Å². The number of carbonyl (C=O) groups is 2. The van der Waals surface area contributed by atoms with Gasteiger partial charge in [-0.2, -0.15) is 0 Å². The van der Waals surface area contributed by atoms with E-state index in [1.807, 2.05) is 21.1 Å². The van der Waals surface area contributed by atoms with E-state index in [9.17, 15) is 19.0 Å². The van der Waals surface area contributed by atoms with Crippen LogP contribution >= 0.6 is 7.82 Å².